The molecule has 1 atom stereocenters. The number of ether oxygens (including phenoxy) is 1. The summed E-state index contributed by atoms with van der Waals surface area (Å²) in [6, 6.07) is 19.5. The summed E-state index contributed by atoms with van der Waals surface area (Å²) in [5.41, 5.74) is 5.94. The Hall–Kier alpha value is -3.67. The zero-order chi connectivity index (χ0) is 24.1. The van der Waals surface area contributed by atoms with Crippen molar-refractivity contribution in [3.8, 4) is 11.4 Å². The summed E-state index contributed by atoms with van der Waals surface area (Å²) < 4.78 is 5.86. The number of nitrogens with zero attached hydrogens (tertiary/aromatic N) is 3. The second-order valence-corrected chi connectivity index (χ2v) is 8.73. The molecular formula is C28H32N4O2. The molecule has 6 heteroatoms. The van der Waals surface area contributed by atoms with E-state index in [-0.39, 0.29) is 12.0 Å². The fraction of sp³-hybridized carbons (Fsp3) is 0.321. The first kappa shape index (κ1) is 23.5. The van der Waals surface area contributed by atoms with E-state index in [2.05, 4.69) is 41.5 Å². The van der Waals surface area contributed by atoms with Crippen LogP contribution in [-0.4, -0.2) is 27.0 Å². The van der Waals surface area contributed by atoms with E-state index >= 15 is 0 Å². The minimum atomic E-state index is -0.188. The molecule has 0 aliphatic heterocycles. The highest BCUT2D eigenvalue weighted by atomic mass is 16.5. The SMILES string of the molecule is CCCCc1ccc(-n2nc3cc(C)c(NC(=O)c4cccc(O[C@H](C)CC)c4)cc3n2)cc1. The van der Waals surface area contributed by atoms with E-state index in [4.69, 9.17) is 4.74 Å². The van der Waals surface area contributed by atoms with Gasteiger partial charge in [-0.2, -0.15) is 4.80 Å². The third-order valence-corrected chi connectivity index (χ3v) is 5.97. The van der Waals surface area contributed by atoms with E-state index in [1.807, 2.05) is 50.2 Å². The predicted octanol–water partition coefficient (Wildman–Crippen LogP) is 6.50. The molecule has 0 bridgehead atoms. The summed E-state index contributed by atoms with van der Waals surface area (Å²) in [5, 5.41) is 12.3. The predicted molar refractivity (Wildman–Crippen MR) is 137 cm³/mol. The molecule has 6 nitrogen and oxygen atoms in total. The van der Waals surface area contributed by atoms with Gasteiger partial charge in [0.15, 0.2) is 0 Å². The van der Waals surface area contributed by atoms with Gasteiger partial charge in [-0.05, 0) is 86.7 Å². The van der Waals surface area contributed by atoms with E-state index in [0.717, 1.165) is 35.1 Å². The topological polar surface area (TPSA) is 69.0 Å². The summed E-state index contributed by atoms with van der Waals surface area (Å²) in [7, 11) is 0. The standard InChI is InChI=1S/C28H32N4O2/c1-5-7-9-21-12-14-23(15-13-21)32-30-26-16-19(3)25(18-27(26)31-32)29-28(33)22-10-8-11-24(17-22)34-20(4)6-2/h8,10-18,20H,5-7,9H2,1-4H3,(H,29,33)/t20-/m1/s1. The monoisotopic (exact) mass is 456 g/mol. The highest BCUT2D eigenvalue weighted by Gasteiger charge is 2.13. The number of unbranched alkanes of at least 4 members (excludes halogenated alkanes) is 1. The van der Waals surface area contributed by atoms with Crippen molar-refractivity contribution in [2.45, 2.75) is 59.5 Å². The number of carbonyl (C=O) groups is 1. The maximum atomic E-state index is 12.9. The van der Waals surface area contributed by atoms with Gasteiger partial charge < -0.3 is 10.1 Å². The molecule has 0 radical (unpaired) electrons. The zero-order valence-electron chi connectivity index (χ0n) is 20.3. The van der Waals surface area contributed by atoms with Gasteiger partial charge in [-0.15, -0.1) is 10.2 Å². The van der Waals surface area contributed by atoms with Crippen LogP contribution in [0.2, 0.25) is 0 Å². The Morgan fingerprint density at radius 3 is 2.47 bits per heavy atom. The van der Waals surface area contributed by atoms with Crippen molar-refractivity contribution in [2.75, 3.05) is 5.32 Å². The van der Waals surface area contributed by atoms with Gasteiger partial charge in [-0.3, -0.25) is 4.79 Å². The number of amides is 1. The van der Waals surface area contributed by atoms with Crippen LogP contribution in [0.5, 0.6) is 5.75 Å². The van der Waals surface area contributed by atoms with Crippen LogP contribution in [0.25, 0.3) is 16.7 Å². The van der Waals surface area contributed by atoms with Crippen LogP contribution in [0.3, 0.4) is 0 Å². The van der Waals surface area contributed by atoms with Gasteiger partial charge in [0.2, 0.25) is 0 Å². The lowest BCUT2D eigenvalue weighted by molar-refractivity contribution is 0.102. The van der Waals surface area contributed by atoms with Crippen LogP contribution in [0, 0.1) is 6.92 Å². The molecule has 176 valence electrons. The fourth-order valence-electron chi connectivity index (χ4n) is 3.72. The molecule has 4 rings (SSSR count). The number of hydrogen-bond donors (Lipinski definition) is 1. The summed E-state index contributed by atoms with van der Waals surface area (Å²) in [4.78, 5) is 14.6. The van der Waals surface area contributed by atoms with Gasteiger partial charge in [-0.1, -0.05) is 38.5 Å². The first-order chi connectivity index (χ1) is 16.5. The van der Waals surface area contributed by atoms with Crippen LogP contribution >= 0.6 is 0 Å². The molecule has 0 aliphatic rings. The molecule has 3 aromatic carbocycles. The minimum Gasteiger partial charge on any atom is -0.491 e. The molecule has 1 amide bonds. The lowest BCUT2D eigenvalue weighted by atomic mass is 10.1. The number of rotatable bonds is 9. The second-order valence-electron chi connectivity index (χ2n) is 8.73. The van der Waals surface area contributed by atoms with Crippen LogP contribution in [0.4, 0.5) is 5.69 Å². The van der Waals surface area contributed by atoms with E-state index < -0.39 is 0 Å². The number of aryl methyl sites for hydroxylation is 2. The molecule has 0 spiro atoms. The Morgan fingerprint density at radius 1 is 1.03 bits per heavy atom. The molecular weight excluding hydrogens is 424 g/mol. The van der Waals surface area contributed by atoms with Crippen LogP contribution < -0.4 is 10.1 Å². The number of hydrogen-bond acceptors (Lipinski definition) is 4. The molecule has 1 heterocycles. The van der Waals surface area contributed by atoms with Gasteiger partial charge in [0.1, 0.15) is 16.8 Å². The highest BCUT2D eigenvalue weighted by molar-refractivity contribution is 6.05. The van der Waals surface area contributed by atoms with Crippen molar-refractivity contribution in [3.05, 3.63) is 77.4 Å². The Labute approximate surface area is 200 Å². The molecule has 0 aliphatic carbocycles. The smallest absolute Gasteiger partial charge is 0.255 e. The van der Waals surface area contributed by atoms with Crippen molar-refractivity contribution in [2.24, 2.45) is 0 Å². The Kier molecular flexibility index (Phi) is 7.26. The summed E-state index contributed by atoms with van der Waals surface area (Å²) in [6.07, 6.45) is 4.45. The van der Waals surface area contributed by atoms with Crippen molar-refractivity contribution >= 4 is 22.6 Å². The van der Waals surface area contributed by atoms with Gasteiger partial charge >= 0.3 is 0 Å². The largest absolute Gasteiger partial charge is 0.491 e. The van der Waals surface area contributed by atoms with Crippen molar-refractivity contribution in [1.29, 1.82) is 0 Å². The first-order valence-corrected chi connectivity index (χ1v) is 12.0. The summed E-state index contributed by atoms with van der Waals surface area (Å²) in [5.74, 6) is 0.505. The third-order valence-electron chi connectivity index (χ3n) is 5.97. The number of carbonyl (C=O) groups excluding carboxylic acids is 1. The number of aromatic nitrogens is 3. The quantitative estimate of drug-likeness (QED) is 0.312. The fourth-order valence-corrected chi connectivity index (χ4v) is 3.72. The molecule has 1 N–H and O–H groups in total. The van der Waals surface area contributed by atoms with Crippen LogP contribution in [0.15, 0.2) is 60.7 Å². The molecule has 0 fully saturated rings. The number of fused-ring (bicyclic) bond motifs is 1. The molecule has 0 unspecified atom stereocenters. The van der Waals surface area contributed by atoms with E-state index in [0.29, 0.717) is 17.0 Å². The van der Waals surface area contributed by atoms with E-state index in [1.165, 1.54) is 18.4 Å². The lowest BCUT2D eigenvalue weighted by Gasteiger charge is -2.13. The maximum Gasteiger partial charge on any atom is 0.255 e. The zero-order valence-corrected chi connectivity index (χ0v) is 20.3. The van der Waals surface area contributed by atoms with Gasteiger partial charge in [0.05, 0.1) is 11.8 Å². The average molecular weight is 457 g/mol. The Bertz CT molecular complexity index is 1280. The molecule has 34 heavy (non-hydrogen) atoms. The van der Waals surface area contributed by atoms with Gasteiger partial charge in [0, 0.05) is 11.3 Å². The lowest BCUT2D eigenvalue weighted by Crippen LogP contribution is -2.14. The van der Waals surface area contributed by atoms with Gasteiger partial charge in [-0.25, -0.2) is 0 Å². The Morgan fingerprint density at radius 2 is 1.76 bits per heavy atom. The minimum absolute atomic E-state index is 0.0955. The van der Waals surface area contributed by atoms with Crippen molar-refractivity contribution in [1.82, 2.24) is 15.0 Å². The molecule has 4 aromatic rings. The summed E-state index contributed by atoms with van der Waals surface area (Å²) >= 11 is 0. The average Bonchev–Trinajstić information content (AvgIpc) is 3.26. The molecule has 1 aromatic heterocycles. The van der Waals surface area contributed by atoms with Gasteiger partial charge in [0.25, 0.3) is 5.91 Å². The molecule has 0 saturated carbocycles. The van der Waals surface area contributed by atoms with Crippen molar-refractivity contribution in [3.63, 3.8) is 0 Å². The summed E-state index contributed by atoms with van der Waals surface area (Å²) in [6.45, 7) is 8.24. The van der Waals surface area contributed by atoms with Crippen LogP contribution in [0.1, 0.15) is 61.5 Å². The maximum absolute atomic E-state index is 12.9. The Balaban J connectivity index is 1.53. The van der Waals surface area contributed by atoms with E-state index in [9.17, 15) is 4.79 Å². The van der Waals surface area contributed by atoms with Crippen LogP contribution in [-0.2, 0) is 6.42 Å². The van der Waals surface area contributed by atoms with E-state index in [1.54, 1.807) is 16.9 Å². The highest BCUT2D eigenvalue weighted by Crippen LogP contribution is 2.24. The third kappa shape index (κ3) is 5.45. The first-order valence-electron chi connectivity index (χ1n) is 12.0. The van der Waals surface area contributed by atoms with Crippen molar-refractivity contribution < 1.29 is 9.53 Å². The normalized spacial score (nSPS) is 12.0. The second kappa shape index (κ2) is 10.5. The molecule has 0 saturated heterocycles. The number of anilines is 1. The number of nitrogens with one attached hydrogen (secondary N) is 1. The number of benzene rings is 3.